The van der Waals surface area contributed by atoms with E-state index >= 15 is 0 Å². The first-order valence-electron chi connectivity index (χ1n) is 9.71. The molecule has 1 aromatic heterocycles. The number of rotatable bonds is 6. The first kappa shape index (κ1) is 20.9. The van der Waals surface area contributed by atoms with Crippen LogP contribution in [0, 0.1) is 6.92 Å². The molecule has 3 rings (SSSR count). The summed E-state index contributed by atoms with van der Waals surface area (Å²) in [5.41, 5.74) is 0.655. The fourth-order valence-electron chi connectivity index (χ4n) is 3.38. The number of aryl methyl sites for hydroxylation is 1. The van der Waals surface area contributed by atoms with Crippen molar-refractivity contribution in [2.75, 3.05) is 6.54 Å². The second-order valence-corrected chi connectivity index (χ2v) is 7.37. The maximum atomic E-state index is 13.5. The summed E-state index contributed by atoms with van der Waals surface area (Å²) in [6.45, 7) is 6.17. The molecule has 0 aliphatic carbocycles. The summed E-state index contributed by atoms with van der Waals surface area (Å²) in [5, 5.41) is 3.68. The molecular formula is C22H24ClN3O3. The molecule has 0 bridgehead atoms. The van der Waals surface area contributed by atoms with Crippen LogP contribution in [0.5, 0.6) is 0 Å². The van der Waals surface area contributed by atoms with Gasteiger partial charge in [-0.1, -0.05) is 43.6 Å². The Morgan fingerprint density at radius 3 is 2.52 bits per heavy atom. The minimum atomic E-state index is -0.730. The summed E-state index contributed by atoms with van der Waals surface area (Å²) in [6.07, 6.45) is 1.20. The van der Waals surface area contributed by atoms with Crippen LogP contribution < -0.4 is 16.6 Å². The Bertz CT molecular complexity index is 1180. The average Bonchev–Trinajstić information content (AvgIpc) is 2.72. The van der Waals surface area contributed by atoms with Crippen LogP contribution in [0.2, 0.25) is 5.02 Å². The number of fused-ring (bicyclic) bond motifs is 1. The molecule has 0 spiro atoms. The van der Waals surface area contributed by atoms with Crippen molar-refractivity contribution in [2.24, 2.45) is 0 Å². The number of amides is 1. The Labute approximate surface area is 173 Å². The van der Waals surface area contributed by atoms with Crippen molar-refractivity contribution in [1.29, 1.82) is 0 Å². The zero-order valence-corrected chi connectivity index (χ0v) is 17.5. The fraction of sp³-hybridized carbons (Fsp3) is 0.318. The number of nitrogens with one attached hydrogen (secondary N) is 1. The largest absolute Gasteiger partial charge is 0.354 e. The Morgan fingerprint density at radius 2 is 1.86 bits per heavy atom. The van der Waals surface area contributed by atoms with Crippen molar-refractivity contribution in [1.82, 2.24) is 14.5 Å². The van der Waals surface area contributed by atoms with Crippen molar-refractivity contribution < 1.29 is 4.79 Å². The molecule has 0 aliphatic heterocycles. The highest BCUT2D eigenvalue weighted by Crippen LogP contribution is 2.20. The van der Waals surface area contributed by atoms with Crippen LogP contribution in [0.4, 0.5) is 0 Å². The number of hydrogen-bond acceptors (Lipinski definition) is 3. The van der Waals surface area contributed by atoms with Crippen molar-refractivity contribution in [2.45, 2.75) is 39.7 Å². The summed E-state index contributed by atoms with van der Waals surface area (Å²) in [7, 11) is 0. The highest BCUT2D eigenvalue weighted by molar-refractivity contribution is 6.31. The average molecular weight is 414 g/mol. The minimum Gasteiger partial charge on any atom is -0.354 e. The van der Waals surface area contributed by atoms with Gasteiger partial charge in [0.2, 0.25) is 5.91 Å². The van der Waals surface area contributed by atoms with E-state index in [1.165, 1.54) is 4.57 Å². The normalized spacial score (nSPS) is 12.1. The standard InChI is InChI=1S/C22H24ClN3O3/c1-4-12-24-20(27)18(5-2)26-19-9-7-6-8-16(19)21(28)25(22(26)29)15-11-10-14(3)17(23)13-15/h6-11,13,18H,4-5,12H2,1-3H3,(H,24,27)/t18-/m1/s1. The van der Waals surface area contributed by atoms with Crippen LogP contribution in [0.15, 0.2) is 52.1 Å². The Morgan fingerprint density at radius 1 is 1.14 bits per heavy atom. The van der Waals surface area contributed by atoms with Gasteiger partial charge in [-0.2, -0.15) is 0 Å². The van der Waals surface area contributed by atoms with Gasteiger partial charge in [-0.05, 0) is 49.6 Å². The first-order chi connectivity index (χ1) is 13.9. The lowest BCUT2D eigenvalue weighted by molar-refractivity contribution is -0.124. The van der Waals surface area contributed by atoms with Gasteiger partial charge in [0.15, 0.2) is 0 Å². The molecule has 0 aliphatic rings. The SMILES string of the molecule is CCCNC(=O)[C@@H](CC)n1c(=O)n(-c2ccc(C)c(Cl)c2)c(=O)c2ccccc21. The highest BCUT2D eigenvalue weighted by atomic mass is 35.5. The molecule has 0 fully saturated rings. The molecule has 29 heavy (non-hydrogen) atoms. The van der Waals surface area contributed by atoms with E-state index in [2.05, 4.69) is 5.32 Å². The van der Waals surface area contributed by atoms with Crippen LogP contribution in [-0.4, -0.2) is 21.6 Å². The minimum absolute atomic E-state index is 0.242. The Kier molecular flexibility index (Phi) is 6.23. The summed E-state index contributed by atoms with van der Waals surface area (Å²) in [4.78, 5) is 39.4. The van der Waals surface area contributed by atoms with Crippen LogP contribution in [0.1, 0.15) is 38.3 Å². The number of halogens is 1. The summed E-state index contributed by atoms with van der Waals surface area (Å²) < 4.78 is 2.50. The molecule has 1 N–H and O–H groups in total. The second-order valence-electron chi connectivity index (χ2n) is 6.96. The van der Waals surface area contributed by atoms with E-state index in [4.69, 9.17) is 11.6 Å². The lowest BCUT2D eigenvalue weighted by atomic mass is 10.1. The molecule has 3 aromatic rings. The van der Waals surface area contributed by atoms with E-state index in [0.29, 0.717) is 34.6 Å². The number of hydrogen-bond donors (Lipinski definition) is 1. The molecule has 0 radical (unpaired) electrons. The molecule has 0 saturated heterocycles. The number of para-hydroxylation sites is 1. The first-order valence-corrected chi connectivity index (χ1v) is 10.1. The summed E-state index contributed by atoms with van der Waals surface area (Å²) in [5.74, 6) is -0.242. The Balaban J connectivity index is 2.35. The Hall–Kier alpha value is -2.86. The molecule has 1 heterocycles. The van der Waals surface area contributed by atoms with E-state index in [1.807, 2.05) is 20.8 Å². The molecule has 7 heteroatoms. The van der Waals surface area contributed by atoms with Crippen molar-refractivity contribution >= 4 is 28.4 Å². The number of carbonyl (C=O) groups is 1. The van der Waals surface area contributed by atoms with Crippen molar-refractivity contribution in [3.63, 3.8) is 0 Å². The van der Waals surface area contributed by atoms with Gasteiger partial charge in [0, 0.05) is 11.6 Å². The second kappa shape index (κ2) is 8.66. The zero-order valence-electron chi connectivity index (χ0n) is 16.7. The molecule has 0 unspecified atom stereocenters. The lowest BCUT2D eigenvalue weighted by Gasteiger charge is -2.21. The quantitative estimate of drug-likeness (QED) is 0.671. The molecule has 1 atom stereocenters. The summed E-state index contributed by atoms with van der Waals surface area (Å²) in [6, 6.07) is 11.2. The molecular weight excluding hydrogens is 390 g/mol. The maximum Gasteiger partial charge on any atom is 0.336 e. The predicted molar refractivity (Wildman–Crippen MR) is 116 cm³/mol. The molecule has 0 saturated carbocycles. The number of nitrogens with zero attached hydrogens (tertiary/aromatic N) is 2. The van der Waals surface area contributed by atoms with Crippen LogP contribution in [-0.2, 0) is 4.79 Å². The third kappa shape index (κ3) is 3.85. The van der Waals surface area contributed by atoms with Gasteiger partial charge >= 0.3 is 5.69 Å². The van der Waals surface area contributed by atoms with Gasteiger partial charge in [-0.3, -0.25) is 14.2 Å². The lowest BCUT2D eigenvalue weighted by Crippen LogP contribution is -2.44. The van der Waals surface area contributed by atoms with Crippen LogP contribution >= 0.6 is 11.6 Å². The van der Waals surface area contributed by atoms with Gasteiger partial charge in [-0.25, -0.2) is 9.36 Å². The predicted octanol–water partition coefficient (Wildman–Crippen LogP) is 3.59. The maximum absolute atomic E-state index is 13.5. The van der Waals surface area contributed by atoms with Gasteiger partial charge < -0.3 is 5.32 Å². The molecule has 152 valence electrons. The zero-order chi connectivity index (χ0) is 21.1. The van der Waals surface area contributed by atoms with Crippen LogP contribution in [0.3, 0.4) is 0 Å². The van der Waals surface area contributed by atoms with E-state index in [-0.39, 0.29) is 5.91 Å². The topological polar surface area (TPSA) is 73.1 Å². The van der Waals surface area contributed by atoms with E-state index < -0.39 is 17.3 Å². The van der Waals surface area contributed by atoms with Gasteiger partial charge in [0.1, 0.15) is 6.04 Å². The van der Waals surface area contributed by atoms with E-state index in [9.17, 15) is 14.4 Å². The fourth-order valence-corrected chi connectivity index (χ4v) is 3.56. The van der Waals surface area contributed by atoms with Gasteiger partial charge in [0.05, 0.1) is 16.6 Å². The molecule has 1 amide bonds. The van der Waals surface area contributed by atoms with Gasteiger partial charge in [0.25, 0.3) is 5.56 Å². The number of benzene rings is 2. The van der Waals surface area contributed by atoms with E-state index in [1.54, 1.807) is 42.5 Å². The smallest absolute Gasteiger partial charge is 0.336 e. The number of carbonyl (C=O) groups excluding carboxylic acids is 1. The van der Waals surface area contributed by atoms with Crippen molar-refractivity contribution in [3.05, 3.63) is 73.9 Å². The number of aromatic nitrogens is 2. The summed E-state index contributed by atoms with van der Waals surface area (Å²) >= 11 is 6.24. The van der Waals surface area contributed by atoms with E-state index in [0.717, 1.165) is 16.6 Å². The van der Waals surface area contributed by atoms with Gasteiger partial charge in [-0.15, -0.1) is 0 Å². The molecule has 2 aromatic carbocycles. The van der Waals surface area contributed by atoms with Crippen LogP contribution in [0.25, 0.3) is 16.6 Å². The third-order valence-corrected chi connectivity index (χ3v) is 5.37. The monoisotopic (exact) mass is 413 g/mol. The molecule has 6 nitrogen and oxygen atoms in total. The third-order valence-electron chi connectivity index (χ3n) is 4.96. The highest BCUT2D eigenvalue weighted by Gasteiger charge is 2.24. The van der Waals surface area contributed by atoms with Crippen molar-refractivity contribution in [3.8, 4) is 5.69 Å².